The van der Waals surface area contributed by atoms with Gasteiger partial charge in [0.2, 0.25) is 0 Å². The number of hydrogen-bond acceptors (Lipinski definition) is 4. The largest absolute Gasteiger partial charge is 0.372 e. The molecule has 1 aliphatic rings. The summed E-state index contributed by atoms with van der Waals surface area (Å²) in [5.41, 5.74) is 2.02. The van der Waals surface area contributed by atoms with Gasteiger partial charge in [0.15, 0.2) is 12.0 Å². The highest BCUT2D eigenvalue weighted by Gasteiger charge is 2.26. The average molecular weight is 243 g/mol. The molecule has 0 saturated carbocycles. The maximum atomic E-state index is 11.1. The van der Waals surface area contributed by atoms with Crippen molar-refractivity contribution >= 4 is 6.29 Å². The minimum Gasteiger partial charge on any atom is -0.372 e. The Balaban J connectivity index is 2.09. The SMILES string of the molecule is O=Cc1nnn(-c2ccccc2)c1C1CCCO1. The zero-order chi connectivity index (χ0) is 12.4. The minimum atomic E-state index is -0.0830. The second kappa shape index (κ2) is 4.70. The van der Waals surface area contributed by atoms with Crippen molar-refractivity contribution in [2.45, 2.75) is 18.9 Å². The second-order valence-corrected chi connectivity index (χ2v) is 4.23. The Bertz CT molecular complexity index is 545. The smallest absolute Gasteiger partial charge is 0.172 e. The Kier molecular flexibility index (Phi) is 2.90. The summed E-state index contributed by atoms with van der Waals surface area (Å²) < 4.78 is 7.34. The first-order valence-electron chi connectivity index (χ1n) is 5.98. The predicted octanol–water partition coefficient (Wildman–Crippen LogP) is 1.93. The van der Waals surface area contributed by atoms with E-state index in [0.29, 0.717) is 5.69 Å². The number of aldehydes is 1. The topological polar surface area (TPSA) is 57.0 Å². The fourth-order valence-corrected chi connectivity index (χ4v) is 2.24. The standard InChI is InChI=1S/C13H13N3O2/c17-9-11-13(12-7-4-8-18-12)16(15-14-11)10-5-2-1-3-6-10/h1-3,5-6,9,12H,4,7-8H2. The molecule has 0 bridgehead atoms. The van der Waals surface area contributed by atoms with E-state index in [1.807, 2.05) is 30.3 Å². The van der Waals surface area contributed by atoms with Crippen LogP contribution in [0.4, 0.5) is 0 Å². The lowest BCUT2D eigenvalue weighted by atomic mass is 10.1. The molecule has 1 aromatic carbocycles. The molecule has 1 aromatic heterocycles. The molecule has 1 aliphatic heterocycles. The third-order valence-electron chi connectivity index (χ3n) is 3.08. The normalized spacial score (nSPS) is 19.0. The number of aromatic nitrogens is 3. The van der Waals surface area contributed by atoms with Crippen LogP contribution in [0.2, 0.25) is 0 Å². The summed E-state index contributed by atoms with van der Waals surface area (Å²) in [6, 6.07) is 9.66. The van der Waals surface area contributed by atoms with Gasteiger partial charge in [0.25, 0.3) is 0 Å². The van der Waals surface area contributed by atoms with Crippen molar-refractivity contribution in [3.63, 3.8) is 0 Å². The Morgan fingerprint density at radius 3 is 2.83 bits per heavy atom. The van der Waals surface area contributed by atoms with Crippen LogP contribution in [0.3, 0.4) is 0 Å². The van der Waals surface area contributed by atoms with Crippen LogP contribution in [-0.2, 0) is 4.74 Å². The number of hydrogen-bond donors (Lipinski definition) is 0. The van der Waals surface area contributed by atoms with Crippen molar-refractivity contribution in [3.8, 4) is 5.69 Å². The van der Waals surface area contributed by atoms with Gasteiger partial charge in [-0.25, -0.2) is 4.68 Å². The summed E-state index contributed by atoms with van der Waals surface area (Å²) in [7, 11) is 0. The summed E-state index contributed by atoms with van der Waals surface area (Å²) >= 11 is 0. The van der Waals surface area contributed by atoms with Gasteiger partial charge >= 0.3 is 0 Å². The molecule has 18 heavy (non-hydrogen) atoms. The van der Waals surface area contributed by atoms with Crippen molar-refractivity contribution in [2.24, 2.45) is 0 Å². The maximum Gasteiger partial charge on any atom is 0.172 e. The van der Waals surface area contributed by atoms with Crippen molar-refractivity contribution in [3.05, 3.63) is 41.7 Å². The van der Waals surface area contributed by atoms with Crippen LogP contribution in [-0.4, -0.2) is 27.9 Å². The zero-order valence-corrected chi connectivity index (χ0v) is 9.82. The van der Waals surface area contributed by atoms with Crippen molar-refractivity contribution in [2.75, 3.05) is 6.61 Å². The summed E-state index contributed by atoms with van der Waals surface area (Å²) in [5.74, 6) is 0. The fourth-order valence-electron chi connectivity index (χ4n) is 2.24. The van der Waals surface area contributed by atoms with E-state index in [4.69, 9.17) is 4.74 Å². The molecule has 5 nitrogen and oxygen atoms in total. The number of ether oxygens (including phenoxy) is 1. The van der Waals surface area contributed by atoms with Gasteiger partial charge in [-0.1, -0.05) is 23.4 Å². The van der Waals surface area contributed by atoms with Gasteiger partial charge in [-0.05, 0) is 25.0 Å². The number of benzene rings is 1. The van der Waals surface area contributed by atoms with Crippen molar-refractivity contribution < 1.29 is 9.53 Å². The Hall–Kier alpha value is -2.01. The van der Waals surface area contributed by atoms with Gasteiger partial charge in [-0.15, -0.1) is 5.10 Å². The van der Waals surface area contributed by atoms with E-state index >= 15 is 0 Å². The van der Waals surface area contributed by atoms with E-state index in [0.717, 1.165) is 37.1 Å². The maximum absolute atomic E-state index is 11.1. The van der Waals surface area contributed by atoms with Gasteiger partial charge in [0.1, 0.15) is 11.8 Å². The van der Waals surface area contributed by atoms with Crippen molar-refractivity contribution in [1.29, 1.82) is 0 Å². The predicted molar refractivity (Wildman–Crippen MR) is 64.7 cm³/mol. The van der Waals surface area contributed by atoms with Crippen molar-refractivity contribution in [1.82, 2.24) is 15.0 Å². The van der Waals surface area contributed by atoms with Gasteiger partial charge < -0.3 is 4.74 Å². The lowest BCUT2D eigenvalue weighted by Crippen LogP contribution is -2.08. The highest BCUT2D eigenvalue weighted by molar-refractivity contribution is 5.73. The second-order valence-electron chi connectivity index (χ2n) is 4.23. The third-order valence-corrected chi connectivity index (χ3v) is 3.08. The Labute approximate surface area is 104 Å². The van der Waals surface area contributed by atoms with Crippen LogP contribution in [0.5, 0.6) is 0 Å². The summed E-state index contributed by atoms with van der Waals surface area (Å²) in [6.07, 6.45) is 2.56. The van der Waals surface area contributed by atoms with Crippen LogP contribution in [0, 0.1) is 0 Å². The molecule has 3 rings (SSSR count). The van der Waals surface area contributed by atoms with E-state index in [9.17, 15) is 4.79 Å². The van der Waals surface area contributed by atoms with Gasteiger partial charge in [0.05, 0.1) is 5.69 Å². The Morgan fingerprint density at radius 1 is 1.33 bits per heavy atom. The molecule has 2 aromatic rings. The molecule has 5 heteroatoms. The molecule has 0 spiro atoms. The van der Waals surface area contributed by atoms with Crippen LogP contribution in [0.15, 0.2) is 30.3 Å². The molecule has 92 valence electrons. The molecule has 0 amide bonds. The number of nitrogens with zero attached hydrogens (tertiary/aromatic N) is 3. The zero-order valence-electron chi connectivity index (χ0n) is 9.82. The first kappa shape index (κ1) is 11.1. The first-order valence-corrected chi connectivity index (χ1v) is 5.98. The molecule has 1 unspecified atom stereocenters. The van der Waals surface area contributed by atoms with E-state index < -0.39 is 0 Å². The summed E-state index contributed by atoms with van der Waals surface area (Å²) in [6.45, 7) is 0.725. The Morgan fingerprint density at radius 2 is 2.17 bits per heavy atom. The number of para-hydroxylation sites is 1. The molecule has 1 fully saturated rings. The molecular weight excluding hydrogens is 230 g/mol. The third kappa shape index (κ3) is 1.82. The lowest BCUT2D eigenvalue weighted by Gasteiger charge is -2.12. The fraction of sp³-hybridized carbons (Fsp3) is 0.308. The van der Waals surface area contributed by atoms with E-state index in [2.05, 4.69) is 10.3 Å². The van der Waals surface area contributed by atoms with Gasteiger partial charge in [-0.2, -0.15) is 0 Å². The molecule has 1 saturated heterocycles. The van der Waals surface area contributed by atoms with E-state index in [1.54, 1.807) is 4.68 Å². The molecule has 0 radical (unpaired) electrons. The molecular formula is C13H13N3O2. The highest BCUT2D eigenvalue weighted by Crippen LogP contribution is 2.30. The first-order chi connectivity index (χ1) is 8.90. The van der Waals surface area contributed by atoms with Gasteiger partial charge in [-0.3, -0.25) is 4.79 Å². The lowest BCUT2D eigenvalue weighted by molar-refractivity contribution is 0.102. The van der Waals surface area contributed by atoms with Crippen LogP contribution < -0.4 is 0 Å². The van der Waals surface area contributed by atoms with Gasteiger partial charge in [0, 0.05) is 6.61 Å². The van der Waals surface area contributed by atoms with Crippen LogP contribution in [0.25, 0.3) is 5.69 Å². The summed E-state index contributed by atoms with van der Waals surface area (Å²) in [5, 5.41) is 7.98. The van der Waals surface area contributed by atoms with E-state index in [-0.39, 0.29) is 6.10 Å². The van der Waals surface area contributed by atoms with E-state index in [1.165, 1.54) is 0 Å². The quantitative estimate of drug-likeness (QED) is 0.773. The number of rotatable bonds is 3. The number of carbonyl (C=O) groups excluding carboxylic acids is 1. The molecule has 0 aliphatic carbocycles. The number of carbonyl (C=O) groups is 1. The molecule has 2 heterocycles. The minimum absolute atomic E-state index is 0.0830. The molecule has 0 N–H and O–H groups in total. The van der Waals surface area contributed by atoms with Crippen LogP contribution in [0.1, 0.15) is 35.1 Å². The molecule has 1 atom stereocenters. The monoisotopic (exact) mass is 243 g/mol. The van der Waals surface area contributed by atoms with Crippen LogP contribution >= 0.6 is 0 Å². The summed E-state index contributed by atoms with van der Waals surface area (Å²) in [4.78, 5) is 11.1. The highest BCUT2D eigenvalue weighted by atomic mass is 16.5. The average Bonchev–Trinajstić information content (AvgIpc) is 3.08.